The zero-order chi connectivity index (χ0) is 15.4. The molecule has 1 aromatic rings. The maximum atomic E-state index is 13.2. The summed E-state index contributed by atoms with van der Waals surface area (Å²) in [7, 11) is 0. The number of benzene rings is 1. The molecule has 0 radical (unpaired) electrons. The van der Waals surface area contributed by atoms with Gasteiger partial charge in [-0.3, -0.25) is 9.59 Å². The molecule has 2 unspecified atom stereocenters. The lowest BCUT2D eigenvalue weighted by atomic mass is 9.81. The van der Waals surface area contributed by atoms with Crippen LogP contribution in [0.5, 0.6) is 0 Å². The third-order valence-corrected chi connectivity index (χ3v) is 4.63. The van der Waals surface area contributed by atoms with E-state index in [-0.39, 0.29) is 24.2 Å². The van der Waals surface area contributed by atoms with Crippen molar-refractivity contribution in [2.24, 2.45) is 11.8 Å². The van der Waals surface area contributed by atoms with Crippen molar-refractivity contribution in [3.63, 3.8) is 0 Å². The van der Waals surface area contributed by atoms with Gasteiger partial charge in [0.15, 0.2) is 0 Å². The van der Waals surface area contributed by atoms with Crippen LogP contribution in [0, 0.1) is 17.7 Å². The quantitative estimate of drug-likeness (QED) is 0.869. The van der Waals surface area contributed by atoms with Gasteiger partial charge in [-0.1, -0.05) is 22.4 Å². The molecule has 2 rings (SSSR count). The maximum absolute atomic E-state index is 13.2. The number of hydrogen-bond donors (Lipinski definition) is 2. The molecule has 2 N–H and O–H groups in total. The first kappa shape index (κ1) is 15.9. The molecule has 1 aromatic carbocycles. The minimum Gasteiger partial charge on any atom is -0.481 e. The Balaban J connectivity index is 1.92. The molecule has 1 aliphatic rings. The monoisotopic (exact) mass is 357 g/mol. The maximum Gasteiger partial charge on any atom is 0.306 e. The summed E-state index contributed by atoms with van der Waals surface area (Å²) in [5.74, 6) is -2.05. The van der Waals surface area contributed by atoms with E-state index in [9.17, 15) is 14.0 Å². The Hall–Kier alpha value is -1.43. The molecule has 114 valence electrons. The van der Waals surface area contributed by atoms with Gasteiger partial charge in [0.05, 0.1) is 5.92 Å². The van der Waals surface area contributed by atoms with Crippen molar-refractivity contribution in [1.29, 1.82) is 0 Å². The van der Waals surface area contributed by atoms with Crippen LogP contribution in [0.2, 0.25) is 0 Å². The van der Waals surface area contributed by atoms with E-state index in [0.717, 1.165) is 10.9 Å². The number of nitrogens with one attached hydrogen (secondary N) is 1. The highest BCUT2D eigenvalue weighted by atomic mass is 79.9. The number of carbonyl (C=O) groups is 2. The average Bonchev–Trinajstić information content (AvgIpc) is 2.48. The Labute approximate surface area is 130 Å². The van der Waals surface area contributed by atoms with Crippen LogP contribution < -0.4 is 5.32 Å². The number of carbonyl (C=O) groups excluding carboxylic acids is 1. The Morgan fingerprint density at radius 2 is 2.05 bits per heavy atom. The van der Waals surface area contributed by atoms with E-state index < -0.39 is 11.9 Å². The number of rotatable bonds is 4. The summed E-state index contributed by atoms with van der Waals surface area (Å²) in [4.78, 5) is 23.1. The zero-order valence-corrected chi connectivity index (χ0v) is 13.0. The van der Waals surface area contributed by atoms with Crippen LogP contribution in [0.1, 0.15) is 31.2 Å². The summed E-state index contributed by atoms with van der Waals surface area (Å²) in [5, 5.41) is 11.8. The SMILES string of the molecule is O=C(O)C1CCCC(C(=O)NCc2cc(F)ccc2Br)C1. The second-order valence-corrected chi connectivity index (χ2v) is 6.21. The van der Waals surface area contributed by atoms with Crippen molar-refractivity contribution in [1.82, 2.24) is 5.32 Å². The minimum absolute atomic E-state index is 0.155. The third-order valence-electron chi connectivity index (χ3n) is 3.86. The first-order valence-electron chi connectivity index (χ1n) is 6.92. The summed E-state index contributed by atoms with van der Waals surface area (Å²) >= 11 is 3.31. The molecule has 0 heterocycles. The molecule has 4 nitrogen and oxygen atoms in total. The van der Waals surface area contributed by atoms with E-state index in [4.69, 9.17) is 5.11 Å². The van der Waals surface area contributed by atoms with Crippen molar-refractivity contribution < 1.29 is 19.1 Å². The number of halogens is 2. The van der Waals surface area contributed by atoms with Crippen LogP contribution in [-0.4, -0.2) is 17.0 Å². The lowest BCUT2D eigenvalue weighted by Gasteiger charge is -2.25. The summed E-state index contributed by atoms with van der Waals surface area (Å²) in [6.45, 7) is 0.228. The molecule has 0 aromatic heterocycles. The van der Waals surface area contributed by atoms with Gasteiger partial charge in [0.25, 0.3) is 0 Å². The highest BCUT2D eigenvalue weighted by Gasteiger charge is 2.30. The first-order chi connectivity index (χ1) is 9.97. The summed E-state index contributed by atoms with van der Waals surface area (Å²) in [5.41, 5.74) is 0.661. The Kier molecular flexibility index (Phi) is 5.33. The van der Waals surface area contributed by atoms with Crippen LogP contribution in [0.25, 0.3) is 0 Å². The van der Waals surface area contributed by atoms with Crippen molar-refractivity contribution in [3.05, 3.63) is 34.1 Å². The van der Waals surface area contributed by atoms with E-state index >= 15 is 0 Å². The molecule has 2 atom stereocenters. The Morgan fingerprint density at radius 3 is 2.76 bits per heavy atom. The van der Waals surface area contributed by atoms with Gasteiger partial charge in [-0.25, -0.2) is 4.39 Å². The largest absolute Gasteiger partial charge is 0.481 e. The van der Waals surface area contributed by atoms with Gasteiger partial charge < -0.3 is 10.4 Å². The molecule has 0 spiro atoms. The second kappa shape index (κ2) is 7.02. The molecule has 0 bridgehead atoms. The molecule has 1 amide bonds. The number of aliphatic carboxylic acids is 1. The number of carboxylic acid groups (broad SMARTS) is 1. The Morgan fingerprint density at radius 1 is 1.33 bits per heavy atom. The summed E-state index contributed by atoms with van der Waals surface area (Å²) < 4.78 is 13.9. The fraction of sp³-hybridized carbons (Fsp3) is 0.467. The van der Waals surface area contributed by atoms with E-state index in [2.05, 4.69) is 21.2 Å². The van der Waals surface area contributed by atoms with E-state index in [1.54, 1.807) is 6.07 Å². The van der Waals surface area contributed by atoms with Gasteiger partial charge in [0.2, 0.25) is 5.91 Å². The van der Waals surface area contributed by atoms with Crippen molar-refractivity contribution in [2.75, 3.05) is 0 Å². The van der Waals surface area contributed by atoms with Gasteiger partial charge >= 0.3 is 5.97 Å². The van der Waals surface area contributed by atoms with Crippen molar-refractivity contribution in [3.8, 4) is 0 Å². The Bertz CT molecular complexity index is 550. The number of hydrogen-bond acceptors (Lipinski definition) is 2. The van der Waals surface area contributed by atoms with Crippen molar-refractivity contribution in [2.45, 2.75) is 32.2 Å². The fourth-order valence-electron chi connectivity index (χ4n) is 2.66. The molecular weight excluding hydrogens is 341 g/mol. The predicted octanol–water partition coefficient (Wildman–Crippen LogP) is 3.10. The summed E-state index contributed by atoms with van der Waals surface area (Å²) in [6, 6.07) is 4.30. The average molecular weight is 358 g/mol. The van der Waals surface area contributed by atoms with Crippen LogP contribution in [-0.2, 0) is 16.1 Å². The fourth-order valence-corrected chi connectivity index (χ4v) is 3.04. The molecule has 6 heteroatoms. The van der Waals surface area contributed by atoms with E-state index in [1.165, 1.54) is 12.1 Å². The minimum atomic E-state index is -0.833. The van der Waals surface area contributed by atoms with Gasteiger partial charge in [0.1, 0.15) is 5.82 Å². The van der Waals surface area contributed by atoms with Crippen LogP contribution in [0.15, 0.2) is 22.7 Å². The predicted molar refractivity (Wildman–Crippen MR) is 79.0 cm³/mol. The van der Waals surface area contributed by atoms with Crippen LogP contribution in [0.3, 0.4) is 0 Å². The lowest BCUT2D eigenvalue weighted by molar-refractivity contribution is -0.144. The van der Waals surface area contributed by atoms with Crippen LogP contribution in [0.4, 0.5) is 4.39 Å². The summed E-state index contributed by atoms with van der Waals surface area (Å²) in [6.07, 6.45) is 2.47. The number of amides is 1. The van der Waals surface area contributed by atoms with Gasteiger partial charge in [-0.2, -0.15) is 0 Å². The molecule has 1 fully saturated rings. The van der Waals surface area contributed by atoms with Gasteiger partial charge in [-0.15, -0.1) is 0 Å². The highest BCUT2D eigenvalue weighted by Crippen LogP contribution is 2.29. The molecule has 1 saturated carbocycles. The van der Waals surface area contributed by atoms with Gasteiger partial charge in [-0.05, 0) is 43.0 Å². The van der Waals surface area contributed by atoms with Gasteiger partial charge in [0, 0.05) is 16.9 Å². The second-order valence-electron chi connectivity index (χ2n) is 5.35. The van der Waals surface area contributed by atoms with Crippen molar-refractivity contribution >= 4 is 27.8 Å². The lowest BCUT2D eigenvalue weighted by Crippen LogP contribution is -2.35. The zero-order valence-electron chi connectivity index (χ0n) is 11.4. The van der Waals surface area contributed by atoms with E-state index in [1.807, 2.05) is 0 Å². The molecular formula is C15H17BrFNO3. The topological polar surface area (TPSA) is 66.4 Å². The standard InChI is InChI=1S/C15H17BrFNO3/c16-13-5-4-12(17)7-11(13)8-18-14(19)9-2-1-3-10(6-9)15(20)21/h4-5,7,9-10H,1-3,6,8H2,(H,18,19)(H,20,21). The molecule has 0 aliphatic heterocycles. The first-order valence-corrected chi connectivity index (χ1v) is 7.71. The van der Waals surface area contributed by atoms with Crippen LogP contribution >= 0.6 is 15.9 Å². The third kappa shape index (κ3) is 4.27. The smallest absolute Gasteiger partial charge is 0.306 e. The number of carboxylic acids is 1. The highest BCUT2D eigenvalue weighted by molar-refractivity contribution is 9.10. The van der Waals surface area contributed by atoms with E-state index in [0.29, 0.717) is 24.8 Å². The molecule has 21 heavy (non-hydrogen) atoms. The normalized spacial score (nSPS) is 21.8. The molecule has 1 aliphatic carbocycles. The molecule has 0 saturated heterocycles.